The van der Waals surface area contributed by atoms with Crippen molar-refractivity contribution in [3.8, 4) is 0 Å². The van der Waals surface area contributed by atoms with Gasteiger partial charge in [0.15, 0.2) is 0 Å². The summed E-state index contributed by atoms with van der Waals surface area (Å²) in [6.07, 6.45) is 0. The summed E-state index contributed by atoms with van der Waals surface area (Å²) in [7, 11) is 0. The average molecular weight is 275 g/mol. The largest absolute Gasteiger partial charge is 0.397 e. The molecule has 98 valence electrons. The van der Waals surface area contributed by atoms with Gasteiger partial charge in [-0.2, -0.15) is 0 Å². The topological polar surface area (TPSA) is 55.1 Å². The number of hydrogen-bond donors (Lipinski definition) is 2. The molecule has 2 aromatic carbocycles. The lowest BCUT2D eigenvalue weighted by atomic mass is 10.1. The molecule has 0 aromatic heterocycles. The molecule has 0 radical (unpaired) electrons. The summed E-state index contributed by atoms with van der Waals surface area (Å²) < 4.78 is 0. The molecular weight excluding hydrogens is 260 g/mol. The number of nitrogen functional groups attached to an aromatic ring is 1. The molecule has 0 aliphatic carbocycles. The summed E-state index contributed by atoms with van der Waals surface area (Å²) in [6, 6.07) is 10.8. The van der Waals surface area contributed by atoms with Crippen LogP contribution in [-0.2, 0) is 0 Å². The highest BCUT2D eigenvalue weighted by Gasteiger charge is 2.13. The molecule has 0 unspecified atom stereocenters. The molecule has 0 bridgehead atoms. The van der Waals surface area contributed by atoms with Crippen LogP contribution in [0.15, 0.2) is 36.4 Å². The van der Waals surface area contributed by atoms with Crippen molar-refractivity contribution in [1.29, 1.82) is 0 Å². The molecular formula is C15H15ClN2O. The smallest absolute Gasteiger partial charge is 0.257 e. The Hall–Kier alpha value is -2.00. The van der Waals surface area contributed by atoms with Gasteiger partial charge in [0, 0.05) is 0 Å². The molecule has 0 saturated heterocycles. The summed E-state index contributed by atoms with van der Waals surface area (Å²) in [5.74, 6) is -0.258. The molecule has 0 fully saturated rings. The van der Waals surface area contributed by atoms with Crippen LogP contribution >= 0.6 is 11.6 Å². The van der Waals surface area contributed by atoms with E-state index in [0.717, 1.165) is 11.1 Å². The number of carbonyl (C=O) groups excluding carboxylic acids is 1. The number of amides is 1. The number of aryl methyl sites for hydroxylation is 2. The second-order valence-electron chi connectivity index (χ2n) is 4.48. The molecule has 0 heterocycles. The predicted octanol–water partition coefficient (Wildman–Crippen LogP) is 3.79. The van der Waals surface area contributed by atoms with E-state index >= 15 is 0 Å². The predicted molar refractivity (Wildman–Crippen MR) is 79.7 cm³/mol. The molecule has 0 aliphatic rings. The summed E-state index contributed by atoms with van der Waals surface area (Å²) in [6.45, 7) is 3.82. The summed E-state index contributed by atoms with van der Waals surface area (Å²) >= 11 is 6.08. The van der Waals surface area contributed by atoms with E-state index in [1.165, 1.54) is 0 Å². The average Bonchev–Trinajstić information content (AvgIpc) is 2.33. The Labute approximate surface area is 117 Å². The van der Waals surface area contributed by atoms with E-state index in [4.69, 9.17) is 17.3 Å². The van der Waals surface area contributed by atoms with Gasteiger partial charge >= 0.3 is 0 Å². The van der Waals surface area contributed by atoms with Gasteiger partial charge in [-0.05, 0) is 43.2 Å². The van der Waals surface area contributed by atoms with E-state index in [9.17, 15) is 4.79 Å². The number of rotatable bonds is 2. The summed E-state index contributed by atoms with van der Waals surface area (Å²) in [4.78, 5) is 12.2. The maximum Gasteiger partial charge on any atom is 0.257 e. The van der Waals surface area contributed by atoms with Crippen LogP contribution in [0.4, 0.5) is 11.4 Å². The molecule has 4 heteroatoms. The Kier molecular flexibility index (Phi) is 3.76. The van der Waals surface area contributed by atoms with Crippen molar-refractivity contribution in [2.75, 3.05) is 11.1 Å². The third-order valence-corrected chi connectivity index (χ3v) is 3.23. The van der Waals surface area contributed by atoms with Crippen molar-refractivity contribution in [3.05, 3.63) is 58.1 Å². The molecule has 19 heavy (non-hydrogen) atoms. The van der Waals surface area contributed by atoms with E-state index < -0.39 is 0 Å². The van der Waals surface area contributed by atoms with Crippen molar-refractivity contribution in [1.82, 2.24) is 0 Å². The Morgan fingerprint density at radius 2 is 1.95 bits per heavy atom. The Balaban J connectivity index is 2.31. The number of halogens is 1. The van der Waals surface area contributed by atoms with Crippen molar-refractivity contribution in [2.24, 2.45) is 0 Å². The minimum atomic E-state index is -0.258. The lowest BCUT2D eigenvalue weighted by Gasteiger charge is -2.12. The number of para-hydroxylation sites is 1. The summed E-state index contributed by atoms with van der Waals surface area (Å²) in [5.41, 5.74) is 9.39. The number of anilines is 2. The van der Waals surface area contributed by atoms with Crippen LogP contribution < -0.4 is 11.1 Å². The molecule has 0 spiro atoms. The number of carbonyl (C=O) groups is 1. The van der Waals surface area contributed by atoms with Gasteiger partial charge in [-0.1, -0.05) is 29.8 Å². The standard InChI is InChI=1S/C15H15ClN2O/c1-9-6-7-11(12(16)8-9)15(19)18-14-10(2)4-3-5-13(14)17/h3-8H,17H2,1-2H3,(H,18,19). The molecule has 1 amide bonds. The molecule has 0 atom stereocenters. The van der Waals surface area contributed by atoms with E-state index in [1.807, 2.05) is 32.0 Å². The fraction of sp³-hybridized carbons (Fsp3) is 0.133. The third-order valence-electron chi connectivity index (χ3n) is 2.91. The van der Waals surface area contributed by atoms with Crippen LogP contribution in [-0.4, -0.2) is 5.91 Å². The zero-order valence-electron chi connectivity index (χ0n) is 10.8. The van der Waals surface area contributed by atoms with Gasteiger partial charge in [0.2, 0.25) is 0 Å². The monoisotopic (exact) mass is 274 g/mol. The van der Waals surface area contributed by atoms with Gasteiger partial charge in [-0.15, -0.1) is 0 Å². The normalized spacial score (nSPS) is 10.3. The fourth-order valence-corrected chi connectivity index (χ4v) is 2.17. The van der Waals surface area contributed by atoms with Crippen molar-refractivity contribution >= 4 is 28.9 Å². The minimum Gasteiger partial charge on any atom is -0.397 e. The maximum atomic E-state index is 12.2. The fourth-order valence-electron chi connectivity index (χ4n) is 1.85. The molecule has 2 rings (SSSR count). The minimum absolute atomic E-state index is 0.258. The van der Waals surface area contributed by atoms with Gasteiger partial charge in [-0.25, -0.2) is 0 Å². The van der Waals surface area contributed by atoms with Gasteiger partial charge < -0.3 is 11.1 Å². The molecule has 2 aromatic rings. The van der Waals surface area contributed by atoms with Gasteiger partial charge in [-0.3, -0.25) is 4.79 Å². The van der Waals surface area contributed by atoms with Gasteiger partial charge in [0.1, 0.15) is 0 Å². The van der Waals surface area contributed by atoms with Crippen LogP contribution in [0.3, 0.4) is 0 Å². The first kappa shape index (κ1) is 13.4. The van der Waals surface area contributed by atoms with E-state index in [0.29, 0.717) is 22.0 Å². The number of nitrogens with two attached hydrogens (primary N) is 1. The van der Waals surface area contributed by atoms with Crippen LogP contribution in [0, 0.1) is 13.8 Å². The van der Waals surface area contributed by atoms with Crippen LogP contribution in [0.5, 0.6) is 0 Å². The lowest BCUT2D eigenvalue weighted by Crippen LogP contribution is -2.14. The van der Waals surface area contributed by atoms with Crippen molar-refractivity contribution < 1.29 is 4.79 Å². The second kappa shape index (κ2) is 5.33. The highest BCUT2D eigenvalue weighted by atomic mass is 35.5. The second-order valence-corrected chi connectivity index (χ2v) is 4.88. The zero-order valence-corrected chi connectivity index (χ0v) is 11.6. The maximum absolute atomic E-state index is 12.2. The van der Waals surface area contributed by atoms with Gasteiger partial charge in [0.25, 0.3) is 5.91 Å². The van der Waals surface area contributed by atoms with E-state index in [-0.39, 0.29) is 5.91 Å². The van der Waals surface area contributed by atoms with Gasteiger partial charge in [0.05, 0.1) is 22.0 Å². The third kappa shape index (κ3) is 2.88. The Morgan fingerprint density at radius 3 is 2.58 bits per heavy atom. The Bertz CT molecular complexity index is 618. The molecule has 0 aliphatic heterocycles. The Morgan fingerprint density at radius 1 is 1.21 bits per heavy atom. The number of hydrogen-bond acceptors (Lipinski definition) is 2. The SMILES string of the molecule is Cc1ccc(C(=O)Nc2c(C)cccc2N)c(Cl)c1. The van der Waals surface area contributed by atoms with Crippen molar-refractivity contribution in [3.63, 3.8) is 0 Å². The summed E-state index contributed by atoms with van der Waals surface area (Å²) in [5, 5.41) is 3.24. The van der Waals surface area contributed by atoms with Crippen molar-refractivity contribution in [2.45, 2.75) is 13.8 Å². The molecule has 3 nitrogen and oxygen atoms in total. The van der Waals surface area contributed by atoms with E-state index in [1.54, 1.807) is 18.2 Å². The lowest BCUT2D eigenvalue weighted by molar-refractivity contribution is 0.102. The quantitative estimate of drug-likeness (QED) is 0.819. The highest BCUT2D eigenvalue weighted by Crippen LogP contribution is 2.25. The van der Waals surface area contributed by atoms with Crippen LogP contribution in [0.1, 0.15) is 21.5 Å². The zero-order chi connectivity index (χ0) is 14.0. The first-order valence-electron chi connectivity index (χ1n) is 5.91. The number of nitrogens with one attached hydrogen (secondary N) is 1. The van der Waals surface area contributed by atoms with Crippen LogP contribution in [0.25, 0.3) is 0 Å². The van der Waals surface area contributed by atoms with E-state index in [2.05, 4.69) is 5.32 Å². The first-order valence-corrected chi connectivity index (χ1v) is 6.29. The first-order chi connectivity index (χ1) is 8.99. The molecule has 3 N–H and O–H groups in total. The number of benzene rings is 2. The highest BCUT2D eigenvalue weighted by molar-refractivity contribution is 6.34. The van der Waals surface area contributed by atoms with Crippen LogP contribution in [0.2, 0.25) is 5.02 Å². The molecule has 0 saturated carbocycles.